The topological polar surface area (TPSA) is 65.6 Å². The Kier molecular flexibility index (Phi) is 5.76. The van der Waals surface area contributed by atoms with Gasteiger partial charge in [-0.2, -0.15) is 0 Å². The number of aromatic nitrogens is 2. The van der Waals surface area contributed by atoms with E-state index in [-0.39, 0.29) is 0 Å². The Morgan fingerprint density at radius 2 is 1.52 bits per heavy atom. The van der Waals surface area contributed by atoms with Crippen LogP contribution in [0.15, 0.2) is 60.9 Å². The molecule has 2 aromatic carbocycles. The third-order valence-electron chi connectivity index (χ3n) is 5.02. The van der Waals surface area contributed by atoms with Crippen molar-refractivity contribution in [3.63, 3.8) is 0 Å². The lowest BCUT2D eigenvalue weighted by atomic mass is 10.2. The molecule has 0 amide bonds. The standard InChI is InChI=1S/C22H26N6O/c1-27-10-12-28(13-11-27)19-8-6-17(7-9-19)25-21-15-22(24-16-23-21)26-18-4-3-5-20(14-18)29-2/h3-9,14-16H,10-13H2,1-2H3,(H2,23,24,25,26). The van der Waals surface area contributed by atoms with Crippen molar-refractivity contribution in [1.82, 2.24) is 14.9 Å². The van der Waals surface area contributed by atoms with Crippen molar-refractivity contribution in [2.24, 2.45) is 0 Å². The minimum absolute atomic E-state index is 0.713. The number of ether oxygens (including phenoxy) is 1. The Balaban J connectivity index is 1.41. The van der Waals surface area contributed by atoms with Crippen molar-refractivity contribution in [3.8, 4) is 5.75 Å². The summed E-state index contributed by atoms with van der Waals surface area (Å²) in [5.74, 6) is 2.24. The van der Waals surface area contributed by atoms with Crippen molar-refractivity contribution >= 4 is 28.7 Å². The smallest absolute Gasteiger partial charge is 0.135 e. The third-order valence-corrected chi connectivity index (χ3v) is 5.02. The lowest BCUT2D eigenvalue weighted by Gasteiger charge is -2.34. The Bertz CT molecular complexity index is 938. The van der Waals surface area contributed by atoms with E-state index in [0.29, 0.717) is 5.82 Å². The first-order chi connectivity index (χ1) is 14.2. The SMILES string of the molecule is COc1cccc(Nc2cc(Nc3ccc(N4CCN(C)CC4)cc3)ncn2)c1. The van der Waals surface area contributed by atoms with Gasteiger partial charge in [0.15, 0.2) is 0 Å². The molecule has 3 aromatic rings. The number of benzene rings is 2. The van der Waals surface area contributed by atoms with Crippen LogP contribution in [0.1, 0.15) is 0 Å². The number of piperazine rings is 1. The first kappa shape index (κ1) is 19.0. The summed E-state index contributed by atoms with van der Waals surface area (Å²) in [6.45, 7) is 4.33. The molecule has 2 N–H and O–H groups in total. The van der Waals surface area contributed by atoms with Gasteiger partial charge in [-0.05, 0) is 43.4 Å². The number of nitrogens with zero attached hydrogens (tertiary/aromatic N) is 4. The van der Waals surface area contributed by atoms with Gasteiger partial charge in [-0.25, -0.2) is 9.97 Å². The van der Waals surface area contributed by atoms with E-state index in [1.807, 2.05) is 30.3 Å². The van der Waals surface area contributed by atoms with Gasteiger partial charge >= 0.3 is 0 Å². The second-order valence-electron chi connectivity index (χ2n) is 7.11. The van der Waals surface area contributed by atoms with Crippen molar-refractivity contribution < 1.29 is 4.74 Å². The molecule has 2 heterocycles. The molecule has 7 heteroatoms. The van der Waals surface area contributed by atoms with E-state index in [9.17, 15) is 0 Å². The molecule has 4 rings (SSSR count). The maximum absolute atomic E-state index is 5.26. The Morgan fingerprint density at radius 3 is 2.21 bits per heavy atom. The van der Waals surface area contributed by atoms with Crippen molar-refractivity contribution in [2.75, 3.05) is 55.9 Å². The minimum Gasteiger partial charge on any atom is -0.497 e. The molecule has 0 bridgehead atoms. The van der Waals surface area contributed by atoms with Crippen LogP contribution in [-0.4, -0.2) is 55.2 Å². The summed E-state index contributed by atoms with van der Waals surface area (Å²) in [6, 6.07) is 18.1. The summed E-state index contributed by atoms with van der Waals surface area (Å²) in [7, 11) is 3.82. The van der Waals surface area contributed by atoms with E-state index in [0.717, 1.165) is 49.1 Å². The van der Waals surface area contributed by atoms with Gasteiger partial charge in [-0.15, -0.1) is 0 Å². The zero-order valence-corrected chi connectivity index (χ0v) is 16.8. The maximum atomic E-state index is 5.26. The lowest BCUT2D eigenvalue weighted by molar-refractivity contribution is 0.313. The number of methoxy groups -OCH3 is 1. The summed E-state index contributed by atoms with van der Waals surface area (Å²) in [4.78, 5) is 13.4. The third kappa shape index (κ3) is 4.94. The zero-order chi connectivity index (χ0) is 20.1. The van der Waals surface area contributed by atoms with E-state index >= 15 is 0 Å². The lowest BCUT2D eigenvalue weighted by Crippen LogP contribution is -2.44. The molecule has 0 unspecified atom stereocenters. The summed E-state index contributed by atoms with van der Waals surface area (Å²) >= 11 is 0. The van der Waals surface area contributed by atoms with Crippen molar-refractivity contribution in [3.05, 3.63) is 60.9 Å². The van der Waals surface area contributed by atoms with Crippen molar-refractivity contribution in [1.29, 1.82) is 0 Å². The average Bonchev–Trinajstić information content (AvgIpc) is 2.75. The summed E-state index contributed by atoms with van der Waals surface area (Å²) in [5, 5.41) is 6.63. The van der Waals surface area contributed by atoms with Crippen LogP contribution in [0.4, 0.5) is 28.7 Å². The highest BCUT2D eigenvalue weighted by atomic mass is 16.5. The fraction of sp³-hybridized carbons (Fsp3) is 0.273. The molecule has 1 fully saturated rings. The molecule has 1 aliphatic heterocycles. The highest BCUT2D eigenvalue weighted by molar-refractivity contribution is 5.65. The maximum Gasteiger partial charge on any atom is 0.135 e. The van der Waals surface area contributed by atoms with Gasteiger partial charge in [-0.1, -0.05) is 6.07 Å². The number of anilines is 5. The van der Waals surface area contributed by atoms with E-state index in [1.54, 1.807) is 13.4 Å². The fourth-order valence-electron chi connectivity index (χ4n) is 3.31. The molecule has 0 spiro atoms. The second kappa shape index (κ2) is 8.79. The molecule has 150 valence electrons. The number of likely N-dealkylation sites (N-methyl/N-ethyl adjacent to an activating group) is 1. The van der Waals surface area contributed by atoms with Crippen LogP contribution >= 0.6 is 0 Å². The van der Waals surface area contributed by atoms with Crippen LogP contribution in [0, 0.1) is 0 Å². The molecule has 7 nitrogen and oxygen atoms in total. The first-order valence-electron chi connectivity index (χ1n) is 9.73. The summed E-state index contributed by atoms with van der Waals surface area (Å²) in [5.41, 5.74) is 3.16. The number of hydrogen-bond donors (Lipinski definition) is 2. The predicted molar refractivity (Wildman–Crippen MR) is 118 cm³/mol. The molecule has 0 aliphatic carbocycles. The summed E-state index contributed by atoms with van der Waals surface area (Å²) < 4.78 is 5.26. The molecule has 0 atom stereocenters. The number of hydrogen-bond acceptors (Lipinski definition) is 7. The van der Waals surface area contributed by atoms with E-state index in [4.69, 9.17) is 4.74 Å². The molecule has 29 heavy (non-hydrogen) atoms. The molecular weight excluding hydrogens is 364 g/mol. The van der Waals surface area contributed by atoms with Gasteiger partial charge in [0.25, 0.3) is 0 Å². The van der Waals surface area contributed by atoms with Crippen LogP contribution < -0.4 is 20.3 Å². The number of nitrogens with one attached hydrogen (secondary N) is 2. The number of rotatable bonds is 6. The normalized spacial score (nSPS) is 14.5. The van der Waals surface area contributed by atoms with Gasteiger partial charge in [0.05, 0.1) is 7.11 Å². The molecular formula is C22H26N6O. The van der Waals surface area contributed by atoms with Gasteiger partial charge in [-0.3, -0.25) is 0 Å². The Morgan fingerprint density at radius 1 is 0.828 bits per heavy atom. The predicted octanol–water partition coefficient (Wildman–Crippen LogP) is 3.72. The first-order valence-corrected chi connectivity index (χ1v) is 9.73. The quantitative estimate of drug-likeness (QED) is 0.665. The molecule has 1 aliphatic rings. The van der Waals surface area contributed by atoms with Crippen LogP contribution in [0.3, 0.4) is 0 Å². The highest BCUT2D eigenvalue weighted by Crippen LogP contribution is 2.24. The monoisotopic (exact) mass is 390 g/mol. The van der Waals surface area contributed by atoms with Crippen molar-refractivity contribution in [2.45, 2.75) is 0 Å². The Labute approximate surface area is 171 Å². The van der Waals surface area contributed by atoms with E-state index in [1.165, 1.54) is 5.69 Å². The van der Waals surface area contributed by atoms with Gasteiger partial charge < -0.3 is 25.2 Å². The molecule has 0 saturated carbocycles. The van der Waals surface area contributed by atoms with E-state index in [2.05, 4.69) is 61.7 Å². The van der Waals surface area contributed by atoms with Crippen LogP contribution in [0.25, 0.3) is 0 Å². The summed E-state index contributed by atoms with van der Waals surface area (Å²) in [6.07, 6.45) is 1.55. The second-order valence-corrected chi connectivity index (χ2v) is 7.11. The molecule has 0 radical (unpaired) electrons. The molecule has 1 aromatic heterocycles. The Hall–Kier alpha value is -3.32. The fourth-order valence-corrected chi connectivity index (χ4v) is 3.31. The minimum atomic E-state index is 0.713. The highest BCUT2D eigenvalue weighted by Gasteiger charge is 2.14. The van der Waals surface area contributed by atoms with Crippen LogP contribution in [0.5, 0.6) is 5.75 Å². The van der Waals surface area contributed by atoms with Gasteiger partial charge in [0.1, 0.15) is 23.7 Å². The largest absolute Gasteiger partial charge is 0.497 e. The molecule has 1 saturated heterocycles. The average molecular weight is 390 g/mol. The van der Waals surface area contributed by atoms with Crippen LogP contribution in [-0.2, 0) is 0 Å². The van der Waals surface area contributed by atoms with Gasteiger partial charge in [0, 0.05) is 55.4 Å². The van der Waals surface area contributed by atoms with Crippen LogP contribution in [0.2, 0.25) is 0 Å². The van der Waals surface area contributed by atoms with Gasteiger partial charge in [0.2, 0.25) is 0 Å². The van der Waals surface area contributed by atoms with E-state index < -0.39 is 0 Å². The zero-order valence-electron chi connectivity index (χ0n) is 16.8.